The molecule has 0 aliphatic heterocycles. The lowest BCUT2D eigenvalue weighted by molar-refractivity contribution is 0.799. The van der Waals surface area contributed by atoms with Gasteiger partial charge in [-0.25, -0.2) is 0 Å². The first-order chi connectivity index (χ1) is 19.9. The average molecular weight is 693 g/mol. The van der Waals surface area contributed by atoms with Gasteiger partial charge in [-0.05, 0) is 137 Å². The van der Waals surface area contributed by atoms with Gasteiger partial charge in [0.25, 0.3) is 0 Å². The number of halogens is 1. The third kappa shape index (κ3) is 7.29. The molecule has 0 heterocycles. The highest BCUT2D eigenvalue weighted by Crippen LogP contribution is 2.51. The van der Waals surface area contributed by atoms with E-state index in [0.717, 1.165) is 0 Å². The molecule has 0 atom stereocenters. The van der Waals surface area contributed by atoms with E-state index >= 15 is 0 Å². The van der Waals surface area contributed by atoms with E-state index in [2.05, 4.69) is 164 Å². The summed E-state index contributed by atoms with van der Waals surface area (Å²) in [6.07, 6.45) is 0. The molecule has 0 bridgehead atoms. The van der Waals surface area contributed by atoms with Gasteiger partial charge < -0.3 is 0 Å². The summed E-state index contributed by atoms with van der Waals surface area (Å²) in [5.74, 6) is 3.64. The van der Waals surface area contributed by atoms with Crippen LogP contribution < -0.4 is 0 Å². The Bertz CT molecular complexity index is 1260. The van der Waals surface area contributed by atoms with Crippen LogP contribution in [0.2, 0.25) is 0 Å². The third-order valence-corrected chi connectivity index (χ3v) is 10.4. The smallest absolute Gasteiger partial charge is 0.0293 e. The van der Waals surface area contributed by atoms with Crippen LogP contribution in [0.4, 0.5) is 0 Å². The molecule has 0 fully saturated rings. The molecule has 3 aromatic rings. The molecule has 0 aromatic heterocycles. The molecule has 1 heteroatoms. The third-order valence-electron chi connectivity index (χ3n) is 9.34. The quantitative estimate of drug-likeness (QED) is 0.186. The lowest BCUT2D eigenvalue weighted by Crippen LogP contribution is -2.11. The molecular weight excluding hydrogens is 631 g/mol. The largest absolute Gasteiger partial charge is 0.0587 e. The molecule has 0 unspecified atom stereocenters. The number of hydrogen-bond donors (Lipinski definition) is 0. The Balaban J connectivity index is 2.72. The van der Waals surface area contributed by atoms with Crippen molar-refractivity contribution in [3.05, 3.63) is 78.4 Å². The predicted molar refractivity (Wildman–Crippen MR) is 203 cm³/mol. The van der Waals surface area contributed by atoms with Crippen molar-refractivity contribution in [2.45, 2.75) is 158 Å². The molecule has 43 heavy (non-hydrogen) atoms. The van der Waals surface area contributed by atoms with Gasteiger partial charge >= 0.3 is 0 Å². The number of benzene rings is 3. The number of rotatable bonds is 10. The van der Waals surface area contributed by atoms with E-state index in [1.165, 1.54) is 70.3 Å². The van der Waals surface area contributed by atoms with Gasteiger partial charge in [-0.1, -0.05) is 141 Å². The molecule has 3 aromatic carbocycles. The maximum Gasteiger partial charge on any atom is 0.0293 e. The zero-order valence-electron chi connectivity index (χ0n) is 30.4. The fourth-order valence-corrected chi connectivity index (χ4v) is 7.76. The van der Waals surface area contributed by atoms with Crippen molar-refractivity contribution in [3.63, 3.8) is 0 Å². The van der Waals surface area contributed by atoms with Crippen LogP contribution in [0, 0.1) is 3.57 Å². The minimum atomic E-state index is 0.428. The first-order valence-corrected chi connectivity index (χ1v) is 18.2. The molecule has 0 amide bonds. The van der Waals surface area contributed by atoms with Crippen LogP contribution >= 0.6 is 22.6 Å². The van der Waals surface area contributed by atoms with Gasteiger partial charge in [0.05, 0.1) is 0 Å². The summed E-state index contributed by atoms with van der Waals surface area (Å²) in [7, 11) is 0. The Hall–Kier alpha value is -1.61. The van der Waals surface area contributed by atoms with Crippen LogP contribution in [0.3, 0.4) is 0 Å². The van der Waals surface area contributed by atoms with E-state index in [1.54, 1.807) is 0 Å². The lowest BCUT2D eigenvalue weighted by atomic mass is 9.75. The van der Waals surface area contributed by atoms with Gasteiger partial charge in [-0.3, -0.25) is 0 Å². The van der Waals surface area contributed by atoms with Crippen molar-refractivity contribution >= 4 is 22.6 Å². The average Bonchev–Trinajstić information content (AvgIpc) is 2.90. The molecule has 236 valence electrons. The zero-order valence-corrected chi connectivity index (χ0v) is 32.5. The Morgan fingerprint density at radius 2 is 0.512 bits per heavy atom. The molecule has 0 saturated heterocycles. The fraction of sp³-hybridized carbons (Fsp3) is 0.571. The summed E-state index contributed by atoms with van der Waals surface area (Å²) < 4.78 is 1.44. The monoisotopic (exact) mass is 692 g/mol. The minimum Gasteiger partial charge on any atom is -0.0587 e. The Labute approximate surface area is 280 Å². The molecule has 0 aliphatic carbocycles. The second-order valence-corrected chi connectivity index (χ2v) is 16.6. The summed E-state index contributed by atoms with van der Waals surface area (Å²) in [4.78, 5) is 0. The lowest BCUT2D eigenvalue weighted by Gasteiger charge is -2.31. The second kappa shape index (κ2) is 14.2. The van der Waals surface area contributed by atoms with Gasteiger partial charge in [-0.15, -0.1) is 0 Å². The Morgan fingerprint density at radius 1 is 0.302 bits per heavy atom. The van der Waals surface area contributed by atoms with E-state index in [9.17, 15) is 0 Å². The highest BCUT2D eigenvalue weighted by Gasteiger charge is 2.30. The van der Waals surface area contributed by atoms with Crippen molar-refractivity contribution in [2.24, 2.45) is 0 Å². The van der Waals surface area contributed by atoms with Crippen molar-refractivity contribution in [1.82, 2.24) is 0 Å². The maximum absolute atomic E-state index is 2.77. The van der Waals surface area contributed by atoms with Crippen molar-refractivity contribution in [3.8, 4) is 22.3 Å². The van der Waals surface area contributed by atoms with Crippen LogP contribution in [0.5, 0.6) is 0 Å². The molecule has 0 aliphatic rings. The van der Waals surface area contributed by atoms with Gasteiger partial charge in [0.1, 0.15) is 0 Å². The fourth-order valence-electron chi connectivity index (χ4n) is 6.60. The van der Waals surface area contributed by atoms with Crippen LogP contribution in [0.1, 0.15) is 203 Å². The molecule has 0 radical (unpaired) electrons. The van der Waals surface area contributed by atoms with E-state index in [-0.39, 0.29) is 0 Å². The van der Waals surface area contributed by atoms with Gasteiger partial charge in [-0.2, -0.15) is 0 Å². The zero-order chi connectivity index (χ0) is 32.7. The first kappa shape index (κ1) is 35.9. The Morgan fingerprint density at radius 3 is 0.698 bits per heavy atom. The highest BCUT2D eigenvalue weighted by molar-refractivity contribution is 14.1. The minimum absolute atomic E-state index is 0.428. The normalized spacial score (nSPS) is 12.6. The van der Waals surface area contributed by atoms with Gasteiger partial charge in [0.15, 0.2) is 0 Å². The van der Waals surface area contributed by atoms with E-state index < -0.39 is 0 Å². The summed E-state index contributed by atoms with van der Waals surface area (Å²) in [5, 5.41) is 0. The summed E-state index contributed by atoms with van der Waals surface area (Å²) in [6, 6.07) is 12.7. The SMILES string of the molecule is CC(C)c1cc(C(C)C)c(-c2c(C(C)C)cc(C(C)C)c(-c3c(C(C)C)cc(C(C)C)cc3C(C)C)c2I)c(C(C)C)c1. The molecule has 0 spiro atoms. The molecule has 3 rings (SSSR count). The van der Waals surface area contributed by atoms with Crippen LogP contribution in [0.15, 0.2) is 30.3 Å². The molecule has 0 nitrogen and oxygen atoms in total. The Kier molecular flexibility index (Phi) is 11.9. The molecular formula is C42H61I. The summed E-state index contributed by atoms with van der Waals surface area (Å²) in [5.41, 5.74) is 17.9. The summed E-state index contributed by atoms with van der Waals surface area (Å²) >= 11 is 2.77. The van der Waals surface area contributed by atoms with Gasteiger partial charge in [0, 0.05) is 3.57 Å². The predicted octanol–water partition coefficient (Wildman–Crippen LogP) is 14.6. The highest BCUT2D eigenvalue weighted by atomic mass is 127. The van der Waals surface area contributed by atoms with Gasteiger partial charge in [0.2, 0.25) is 0 Å². The van der Waals surface area contributed by atoms with Crippen molar-refractivity contribution in [1.29, 1.82) is 0 Å². The first-order valence-electron chi connectivity index (χ1n) is 17.1. The van der Waals surface area contributed by atoms with E-state index in [4.69, 9.17) is 0 Å². The number of hydrogen-bond acceptors (Lipinski definition) is 0. The second-order valence-electron chi connectivity index (χ2n) is 15.5. The van der Waals surface area contributed by atoms with Crippen LogP contribution in [0.25, 0.3) is 22.3 Å². The standard InChI is InChI=1S/C42H61I/c1-22(2)30-17-32(24(5)6)38(33(18-30)25(7)8)40-36(28(13)14)21-37(29(15)16)41(42(40)43)39-34(26(9)10)19-31(23(3)4)20-35(39)27(11)12/h17-29H,1-16H3. The van der Waals surface area contributed by atoms with Crippen molar-refractivity contribution in [2.75, 3.05) is 0 Å². The van der Waals surface area contributed by atoms with Crippen molar-refractivity contribution < 1.29 is 0 Å². The van der Waals surface area contributed by atoms with E-state index in [0.29, 0.717) is 47.3 Å². The summed E-state index contributed by atoms with van der Waals surface area (Å²) in [6.45, 7) is 38.0. The maximum atomic E-state index is 2.77. The van der Waals surface area contributed by atoms with E-state index in [1.807, 2.05) is 0 Å². The topological polar surface area (TPSA) is 0 Å². The molecule has 0 N–H and O–H groups in total. The van der Waals surface area contributed by atoms with Crippen LogP contribution in [-0.4, -0.2) is 0 Å². The molecule has 0 saturated carbocycles. The van der Waals surface area contributed by atoms with Crippen LogP contribution in [-0.2, 0) is 0 Å².